The number of benzene rings is 2. The lowest BCUT2D eigenvalue weighted by molar-refractivity contribution is -0.128. The molecule has 0 saturated heterocycles. The molecule has 1 aliphatic rings. The predicted molar refractivity (Wildman–Crippen MR) is 92.3 cm³/mol. The highest BCUT2D eigenvalue weighted by molar-refractivity contribution is 8.00. The Kier molecular flexibility index (Phi) is 4.33. The van der Waals surface area contributed by atoms with Gasteiger partial charge in [0.1, 0.15) is 16.3 Å². The Bertz CT molecular complexity index is 772. The summed E-state index contributed by atoms with van der Waals surface area (Å²) in [5.74, 6) is 0.348. The average Bonchev–Trinajstić information content (AvgIpc) is 2.55. The van der Waals surface area contributed by atoms with Crippen molar-refractivity contribution in [3.8, 4) is 0 Å². The third kappa shape index (κ3) is 3.21. The van der Waals surface area contributed by atoms with Gasteiger partial charge in [-0.1, -0.05) is 36.4 Å². The standard InChI is InChI=1S/C18H20N2O2S/c1-20(2)18(21)12-14-13-23(22,15-8-4-3-5-9-15)19-17-11-7-6-10-16(14)17/h3-11,14H,12-13H2,1-2H3/t14-,23?/m0/s1. The van der Waals surface area contributed by atoms with E-state index in [-0.39, 0.29) is 11.8 Å². The Morgan fingerprint density at radius 2 is 1.83 bits per heavy atom. The van der Waals surface area contributed by atoms with Gasteiger partial charge in [0, 0.05) is 26.4 Å². The van der Waals surface area contributed by atoms with E-state index < -0.39 is 10.1 Å². The van der Waals surface area contributed by atoms with Gasteiger partial charge < -0.3 is 9.45 Å². The first-order valence-electron chi connectivity index (χ1n) is 7.58. The fourth-order valence-corrected chi connectivity index (χ4v) is 5.10. The number of amides is 1. The van der Waals surface area contributed by atoms with E-state index >= 15 is 0 Å². The summed E-state index contributed by atoms with van der Waals surface area (Å²) in [4.78, 5) is 14.5. The SMILES string of the molecule is CN(C)C(=O)C[C@H]1C[S+]([O-])(c2ccccc2)=Nc2ccccc21. The van der Waals surface area contributed by atoms with E-state index in [1.165, 1.54) is 0 Å². The number of nitrogens with zero attached hydrogens (tertiary/aromatic N) is 2. The minimum atomic E-state index is -2.55. The summed E-state index contributed by atoms with van der Waals surface area (Å²) in [6.45, 7) is 0. The van der Waals surface area contributed by atoms with Gasteiger partial charge in [0.25, 0.3) is 0 Å². The van der Waals surface area contributed by atoms with Crippen LogP contribution in [0.5, 0.6) is 0 Å². The van der Waals surface area contributed by atoms with Crippen LogP contribution < -0.4 is 0 Å². The molecule has 23 heavy (non-hydrogen) atoms. The van der Waals surface area contributed by atoms with Gasteiger partial charge in [-0.25, -0.2) is 0 Å². The molecule has 5 heteroatoms. The van der Waals surface area contributed by atoms with Crippen LogP contribution in [0.4, 0.5) is 5.69 Å². The molecule has 0 bridgehead atoms. The molecule has 4 nitrogen and oxygen atoms in total. The Labute approximate surface area is 138 Å². The first-order valence-corrected chi connectivity index (χ1v) is 9.27. The van der Waals surface area contributed by atoms with E-state index in [0.29, 0.717) is 12.2 Å². The molecule has 1 amide bonds. The van der Waals surface area contributed by atoms with Gasteiger partial charge in [0.05, 0.1) is 0 Å². The lowest BCUT2D eigenvalue weighted by atomic mass is 9.95. The van der Waals surface area contributed by atoms with Gasteiger partial charge in [0.2, 0.25) is 5.91 Å². The number of hydrogen-bond acceptors (Lipinski definition) is 3. The van der Waals surface area contributed by atoms with Crippen LogP contribution in [0.15, 0.2) is 63.9 Å². The first kappa shape index (κ1) is 15.9. The molecule has 0 saturated carbocycles. The summed E-state index contributed by atoms with van der Waals surface area (Å²) in [5, 5.41) is 0. The second-order valence-electron chi connectivity index (χ2n) is 5.96. The van der Waals surface area contributed by atoms with Crippen molar-refractivity contribution >= 4 is 21.7 Å². The minimum Gasteiger partial charge on any atom is -0.626 e. The van der Waals surface area contributed by atoms with Gasteiger partial charge >= 0.3 is 0 Å². The molecule has 0 radical (unpaired) electrons. The van der Waals surface area contributed by atoms with Crippen LogP contribution in [-0.4, -0.2) is 35.2 Å². The second-order valence-corrected chi connectivity index (χ2v) is 8.23. The number of carbonyl (C=O) groups excluding carboxylic acids is 1. The lowest BCUT2D eigenvalue weighted by Crippen LogP contribution is -2.30. The largest absolute Gasteiger partial charge is 0.626 e. The third-order valence-corrected chi connectivity index (χ3v) is 6.44. The van der Waals surface area contributed by atoms with Crippen molar-refractivity contribution in [1.29, 1.82) is 0 Å². The van der Waals surface area contributed by atoms with Crippen LogP contribution >= 0.6 is 0 Å². The smallest absolute Gasteiger partial charge is 0.222 e. The van der Waals surface area contributed by atoms with Crippen molar-refractivity contribution in [2.75, 3.05) is 19.8 Å². The molecule has 1 aliphatic heterocycles. The van der Waals surface area contributed by atoms with Gasteiger partial charge in [-0.05, 0) is 33.9 Å². The van der Waals surface area contributed by atoms with Gasteiger partial charge in [-0.15, -0.1) is 4.36 Å². The number of hydrogen-bond donors (Lipinski definition) is 0. The molecule has 120 valence electrons. The van der Waals surface area contributed by atoms with Crippen molar-refractivity contribution in [2.24, 2.45) is 4.36 Å². The van der Waals surface area contributed by atoms with Crippen LogP contribution in [0.3, 0.4) is 0 Å². The van der Waals surface area contributed by atoms with Crippen molar-refractivity contribution < 1.29 is 9.35 Å². The van der Waals surface area contributed by atoms with Crippen molar-refractivity contribution in [3.05, 3.63) is 60.2 Å². The molecule has 2 aromatic carbocycles. The topological polar surface area (TPSA) is 55.7 Å². The molecule has 0 spiro atoms. The summed E-state index contributed by atoms with van der Waals surface area (Å²) >= 11 is 0. The van der Waals surface area contributed by atoms with Crippen LogP contribution in [0.1, 0.15) is 17.9 Å². The van der Waals surface area contributed by atoms with E-state index in [0.717, 1.165) is 16.1 Å². The fraction of sp³-hybridized carbons (Fsp3) is 0.278. The first-order chi connectivity index (χ1) is 11.0. The van der Waals surface area contributed by atoms with E-state index in [1.807, 2.05) is 54.6 Å². The van der Waals surface area contributed by atoms with E-state index in [9.17, 15) is 9.35 Å². The minimum absolute atomic E-state index is 0.0431. The zero-order chi connectivity index (χ0) is 16.4. The van der Waals surface area contributed by atoms with Crippen molar-refractivity contribution in [2.45, 2.75) is 17.2 Å². The maximum atomic E-state index is 13.4. The molecule has 0 N–H and O–H groups in total. The van der Waals surface area contributed by atoms with Crippen LogP contribution in [0.25, 0.3) is 0 Å². The third-order valence-electron chi connectivity index (χ3n) is 4.08. The summed E-state index contributed by atoms with van der Waals surface area (Å²) < 4.78 is 18.0. The van der Waals surface area contributed by atoms with E-state index in [4.69, 9.17) is 0 Å². The normalized spacial score (nSPS) is 22.8. The molecule has 0 aromatic heterocycles. The maximum Gasteiger partial charge on any atom is 0.222 e. The maximum absolute atomic E-state index is 13.4. The molecule has 1 unspecified atom stereocenters. The summed E-state index contributed by atoms with van der Waals surface area (Å²) in [7, 11) is 0.943. The van der Waals surface area contributed by atoms with Crippen LogP contribution in [-0.2, 0) is 14.9 Å². The van der Waals surface area contributed by atoms with Gasteiger partial charge in [-0.2, -0.15) is 0 Å². The Morgan fingerprint density at radius 3 is 2.52 bits per heavy atom. The zero-order valence-corrected chi connectivity index (χ0v) is 14.1. The van der Waals surface area contributed by atoms with E-state index in [1.54, 1.807) is 19.0 Å². The highest BCUT2D eigenvalue weighted by Gasteiger charge is 2.33. The van der Waals surface area contributed by atoms with Crippen LogP contribution in [0.2, 0.25) is 0 Å². The lowest BCUT2D eigenvalue weighted by Gasteiger charge is -2.32. The predicted octanol–water partition coefficient (Wildman–Crippen LogP) is 3.42. The molecular weight excluding hydrogens is 308 g/mol. The average molecular weight is 328 g/mol. The Morgan fingerprint density at radius 1 is 1.17 bits per heavy atom. The molecule has 0 fully saturated rings. The monoisotopic (exact) mass is 328 g/mol. The second kappa shape index (κ2) is 6.26. The number of carbonyl (C=O) groups is 1. The van der Waals surface area contributed by atoms with E-state index in [2.05, 4.69) is 4.36 Å². The summed E-state index contributed by atoms with van der Waals surface area (Å²) in [5.41, 5.74) is 1.75. The number of rotatable bonds is 3. The molecule has 1 heterocycles. The van der Waals surface area contributed by atoms with Gasteiger partial charge in [0.15, 0.2) is 0 Å². The molecule has 2 aromatic rings. The highest BCUT2D eigenvalue weighted by Crippen LogP contribution is 2.41. The Balaban J connectivity index is 2.05. The molecule has 2 atom stereocenters. The quantitative estimate of drug-likeness (QED) is 0.811. The summed E-state index contributed by atoms with van der Waals surface area (Å²) in [6, 6.07) is 17.0. The van der Waals surface area contributed by atoms with Crippen molar-refractivity contribution in [1.82, 2.24) is 4.90 Å². The number of fused-ring (bicyclic) bond motifs is 1. The summed E-state index contributed by atoms with van der Waals surface area (Å²) in [6.07, 6.45) is 0.351. The molecule has 0 aliphatic carbocycles. The van der Waals surface area contributed by atoms with Gasteiger partial charge in [-0.3, -0.25) is 4.79 Å². The zero-order valence-electron chi connectivity index (χ0n) is 13.3. The fourth-order valence-electron chi connectivity index (χ4n) is 2.82. The molecule has 3 rings (SSSR count). The molecular formula is C18H20N2O2S. The Hall–Kier alpha value is -1.98. The van der Waals surface area contributed by atoms with Crippen molar-refractivity contribution in [3.63, 3.8) is 0 Å². The highest BCUT2D eigenvalue weighted by atomic mass is 32.3. The van der Waals surface area contributed by atoms with Crippen LogP contribution in [0, 0.1) is 0 Å².